The molecule has 0 unspecified atom stereocenters. The molecule has 90 valence electrons. The molecule has 1 aromatic heterocycles. The summed E-state index contributed by atoms with van der Waals surface area (Å²) in [5.74, 6) is 1.88. The van der Waals surface area contributed by atoms with Crippen LogP contribution < -0.4 is 10.1 Å². The van der Waals surface area contributed by atoms with E-state index >= 15 is 0 Å². The third-order valence-corrected chi connectivity index (χ3v) is 3.37. The van der Waals surface area contributed by atoms with E-state index in [0.717, 1.165) is 23.6 Å². The minimum absolute atomic E-state index is 0.706. The molecule has 3 nitrogen and oxygen atoms in total. The van der Waals surface area contributed by atoms with Crippen LogP contribution in [0.25, 0.3) is 11.0 Å². The molecule has 0 aliphatic heterocycles. The van der Waals surface area contributed by atoms with Gasteiger partial charge < -0.3 is 14.5 Å². The summed E-state index contributed by atoms with van der Waals surface area (Å²) in [4.78, 5) is 0. The fraction of sp³-hybridized carbons (Fsp3) is 0.429. The summed E-state index contributed by atoms with van der Waals surface area (Å²) < 4.78 is 11.1. The number of furan rings is 1. The molecule has 1 aromatic carbocycles. The van der Waals surface area contributed by atoms with Gasteiger partial charge in [-0.2, -0.15) is 0 Å². The Kier molecular flexibility index (Phi) is 2.56. The number of hydrogen-bond donors (Lipinski definition) is 1. The van der Waals surface area contributed by atoms with Crippen molar-refractivity contribution in [2.45, 2.75) is 32.4 Å². The van der Waals surface area contributed by atoms with E-state index in [-0.39, 0.29) is 0 Å². The second kappa shape index (κ2) is 4.08. The van der Waals surface area contributed by atoms with Gasteiger partial charge in [-0.1, -0.05) is 0 Å². The number of methoxy groups -OCH3 is 1. The third kappa shape index (κ3) is 2.03. The fourth-order valence-electron chi connectivity index (χ4n) is 2.08. The molecule has 0 radical (unpaired) electrons. The lowest BCUT2D eigenvalue weighted by atomic mass is 10.1. The van der Waals surface area contributed by atoms with Crippen molar-refractivity contribution in [2.75, 3.05) is 7.11 Å². The van der Waals surface area contributed by atoms with E-state index in [4.69, 9.17) is 9.15 Å². The largest absolute Gasteiger partial charge is 0.497 e. The zero-order valence-corrected chi connectivity index (χ0v) is 10.2. The van der Waals surface area contributed by atoms with E-state index in [0.29, 0.717) is 6.04 Å². The minimum Gasteiger partial charge on any atom is -0.497 e. The predicted octanol–water partition coefficient (Wildman–Crippen LogP) is 3.00. The summed E-state index contributed by atoms with van der Waals surface area (Å²) >= 11 is 0. The highest BCUT2D eigenvalue weighted by molar-refractivity contribution is 5.83. The first kappa shape index (κ1) is 10.7. The summed E-state index contributed by atoms with van der Waals surface area (Å²) in [7, 11) is 1.67. The number of benzene rings is 1. The van der Waals surface area contributed by atoms with E-state index < -0.39 is 0 Å². The Labute approximate surface area is 101 Å². The summed E-state index contributed by atoms with van der Waals surface area (Å²) in [5, 5.41) is 4.66. The van der Waals surface area contributed by atoms with Crippen LogP contribution in [0, 0.1) is 6.92 Å². The quantitative estimate of drug-likeness (QED) is 0.878. The Morgan fingerprint density at radius 1 is 1.41 bits per heavy atom. The lowest BCUT2D eigenvalue weighted by Crippen LogP contribution is -2.15. The SMILES string of the molecule is COc1ccc2c(C)c(CNC3CC3)oc2c1. The Bertz CT molecular complexity index is 540. The maximum absolute atomic E-state index is 5.88. The van der Waals surface area contributed by atoms with Gasteiger partial charge >= 0.3 is 0 Å². The third-order valence-electron chi connectivity index (χ3n) is 3.37. The molecule has 1 aliphatic carbocycles. The molecule has 2 aromatic rings. The van der Waals surface area contributed by atoms with Crippen molar-refractivity contribution >= 4 is 11.0 Å². The predicted molar refractivity (Wildman–Crippen MR) is 67.4 cm³/mol. The number of nitrogens with one attached hydrogen (secondary N) is 1. The molecule has 17 heavy (non-hydrogen) atoms. The Balaban J connectivity index is 1.92. The van der Waals surface area contributed by atoms with Gasteiger partial charge in [0.2, 0.25) is 0 Å². The number of hydrogen-bond acceptors (Lipinski definition) is 3. The van der Waals surface area contributed by atoms with Crippen LogP contribution >= 0.6 is 0 Å². The monoisotopic (exact) mass is 231 g/mol. The number of rotatable bonds is 4. The normalized spacial score (nSPS) is 15.4. The van der Waals surface area contributed by atoms with Gasteiger partial charge in [0.25, 0.3) is 0 Å². The molecule has 0 bridgehead atoms. The molecule has 0 atom stereocenters. The molecule has 3 heteroatoms. The number of ether oxygens (including phenoxy) is 1. The maximum Gasteiger partial charge on any atom is 0.138 e. The van der Waals surface area contributed by atoms with Crippen LogP contribution in [-0.2, 0) is 6.54 Å². The van der Waals surface area contributed by atoms with Crippen molar-refractivity contribution < 1.29 is 9.15 Å². The first-order valence-corrected chi connectivity index (χ1v) is 6.07. The zero-order chi connectivity index (χ0) is 11.8. The van der Waals surface area contributed by atoms with E-state index in [1.807, 2.05) is 12.1 Å². The van der Waals surface area contributed by atoms with E-state index in [2.05, 4.69) is 18.3 Å². The Morgan fingerprint density at radius 2 is 2.24 bits per heavy atom. The highest BCUT2D eigenvalue weighted by atomic mass is 16.5. The minimum atomic E-state index is 0.706. The second-order valence-corrected chi connectivity index (χ2v) is 4.67. The Hall–Kier alpha value is -1.48. The molecule has 1 N–H and O–H groups in total. The summed E-state index contributed by atoms with van der Waals surface area (Å²) in [6, 6.07) is 6.69. The fourth-order valence-corrected chi connectivity index (χ4v) is 2.08. The molecule has 1 fully saturated rings. The van der Waals surface area contributed by atoms with Crippen LogP contribution in [0.15, 0.2) is 22.6 Å². The van der Waals surface area contributed by atoms with Gasteiger partial charge in [0, 0.05) is 17.5 Å². The molecule has 0 saturated heterocycles. The Morgan fingerprint density at radius 3 is 2.94 bits per heavy atom. The van der Waals surface area contributed by atoms with Crippen molar-refractivity contribution in [1.29, 1.82) is 0 Å². The standard InChI is InChI=1S/C14H17NO2/c1-9-12-6-5-11(16-2)7-13(12)17-14(9)8-15-10-3-4-10/h5-7,10,15H,3-4,8H2,1-2H3. The first-order valence-electron chi connectivity index (χ1n) is 6.07. The molecular weight excluding hydrogens is 214 g/mol. The van der Waals surface area contributed by atoms with Gasteiger partial charge in [-0.05, 0) is 37.5 Å². The maximum atomic E-state index is 5.88. The topological polar surface area (TPSA) is 34.4 Å². The average Bonchev–Trinajstić information content (AvgIpc) is 3.12. The first-order chi connectivity index (χ1) is 8.28. The van der Waals surface area contributed by atoms with Crippen LogP contribution in [-0.4, -0.2) is 13.2 Å². The van der Waals surface area contributed by atoms with E-state index in [1.165, 1.54) is 23.8 Å². The smallest absolute Gasteiger partial charge is 0.138 e. The lowest BCUT2D eigenvalue weighted by Gasteiger charge is -1.99. The molecule has 3 rings (SSSR count). The highest BCUT2D eigenvalue weighted by Crippen LogP contribution is 2.29. The summed E-state index contributed by atoms with van der Waals surface area (Å²) in [5.41, 5.74) is 2.14. The van der Waals surface area contributed by atoms with Crippen molar-refractivity contribution in [3.8, 4) is 5.75 Å². The number of aryl methyl sites for hydroxylation is 1. The molecule has 1 heterocycles. The van der Waals surface area contributed by atoms with Crippen molar-refractivity contribution in [2.24, 2.45) is 0 Å². The van der Waals surface area contributed by atoms with E-state index in [1.54, 1.807) is 7.11 Å². The van der Waals surface area contributed by atoms with Gasteiger partial charge in [-0.25, -0.2) is 0 Å². The zero-order valence-electron chi connectivity index (χ0n) is 10.2. The summed E-state index contributed by atoms with van der Waals surface area (Å²) in [6.07, 6.45) is 2.60. The van der Waals surface area contributed by atoms with Gasteiger partial charge in [0.05, 0.1) is 13.7 Å². The van der Waals surface area contributed by atoms with Crippen LogP contribution in [0.5, 0.6) is 5.75 Å². The molecular formula is C14H17NO2. The van der Waals surface area contributed by atoms with Crippen LogP contribution in [0.1, 0.15) is 24.2 Å². The van der Waals surface area contributed by atoms with Crippen LogP contribution in [0.4, 0.5) is 0 Å². The number of fused-ring (bicyclic) bond motifs is 1. The molecule has 0 amide bonds. The average molecular weight is 231 g/mol. The molecule has 1 saturated carbocycles. The van der Waals surface area contributed by atoms with Crippen LogP contribution in [0.2, 0.25) is 0 Å². The van der Waals surface area contributed by atoms with Crippen molar-refractivity contribution in [1.82, 2.24) is 5.32 Å². The highest BCUT2D eigenvalue weighted by Gasteiger charge is 2.21. The molecule has 0 spiro atoms. The van der Waals surface area contributed by atoms with E-state index in [9.17, 15) is 0 Å². The summed E-state index contributed by atoms with van der Waals surface area (Å²) in [6.45, 7) is 2.94. The van der Waals surface area contributed by atoms with Gasteiger partial charge in [-0.15, -0.1) is 0 Å². The van der Waals surface area contributed by atoms with Gasteiger partial charge in [0.1, 0.15) is 17.1 Å². The van der Waals surface area contributed by atoms with Gasteiger partial charge in [-0.3, -0.25) is 0 Å². The lowest BCUT2D eigenvalue weighted by molar-refractivity contribution is 0.414. The van der Waals surface area contributed by atoms with Crippen LogP contribution in [0.3, 0.4) is 0 Å². The van der Waals surface area contributed by atoms with Gasteiger partial charge in [0.15, 0.2) is 0 Å². The second-order valence-electron chi connectivity index (χ2n) is 4.67. The molecule has 1 aliphatic rings. The van der Waals surface area contributed by atoms with Crippen molar-refractivity contribution in [3.05, 3.63) is 29.5 Å². The van der Waals surface area contributed by atoms with Crippen molar-refractivity contribution in [3.63, 3.8) is 0 Å².